The minimum atomic E-state index is -1.81. The fourth-order valence-corrected chi connectivity index (χ4v) is 6.25. The van der Waals surface area contributed by atoms with Gasteiger partial charge in [0.2, 0.25) is 0 Å². The molecule has 0 spiro atoms. The van der Waals surface area contributed by atoms with Crippen LogP contribution in [0.25, 0.3) is 6.08 Å². The molecule has 0 saturated carbocycles. The number of hydrogen-bond donors (Lipinski definition) is 9. The number of carbonyl (C=O) groups is 1. The molecule has 19 nitrogen and oxygen atoms in total. The first kappa shape index (κ1) is 42.5. The van der Waals surface area contributed by atoms with Gasteiger partial charge in [-0.25, -0.2) is 4.79 Å². The van der Waals surface area contributed by atoms with Crippen LogP contribution < -0.4 is 9.47 Å². The Kier molecular flexibility index (Phi) is 14.7. The summed E-state index contributed by atoms with van der Waals surface area (Å²) < 4.78 is 51.0. The van der Waals surface area contributed by atoms with Crippen LogP contribution in [-0.4, -0.2) is 172 Å². The lowest BCUT2D eigenvalue weighted by Gasteiger charge is -2.48. The van der Waals surface area contributed by atoms with E-state index in [4.69, 9.17) is 42.6 Å². The molecule has 3 fully saturated rings. The number of ether oxygens (including phenoxy) is 9. The number of esters is 1. The molecule has 0 aliphatic carbocycles. The number of phenols is 2. The second-order valence-corrected chi connectivity index (χ2v) is 13.2. The van der Waals surface area contributed by atoms with Crippen molar-refractivity contribution in [2.24, 2.45) is 0 Å². The van der Waals surface area contributed by atoms with Crippen molar-refractivity contribution in [3.05, 3.63) is 53.6 Å². The zero-order chi connectivity index (χ0) is 40.0. The van der Waals surface area contributed by atoms with Gasteiger partial charge in [0.05, 0.1) is 40.1 Å². The molecule has 306 valence electrons. The summed E-state index contributed by atoms with van der Waals surface area (Å²) in [6.07, 6.45) is -19.7. The van der Waals surface area contributed by atoms with Gasteiger partial charge in [-0.2, -0.15) is 0 Å². The van der Waals surface area contributed by atoms with Crippen molar-refractivity contribution in [2.75, 3.05) is 34.0 Å². The smallest absolute Gasteiger partial charge is 0.331 e. The summed E-state index contributed by atoms with van der Waals surface area (Å²) in [7, 11) is 2.92. The van der Waals surface area contributed by atoms with Crippen molar-refractivity contribution < 1.29 is 93.4 Å². The van der Waals surface area contributed by atoms with Crippen LogP contribution in [0.3, 0.4) is 0 Å². The average molecular weight is 785 g/mol. The van der Waals surface area contributed by atoms with Crippen LogP contribution >= 0.6 is 0 Å². The van der Waals surface area contributed by atoms with Crippen LogP contribution in [0.5, 0.6) is 23.0 Å². The first-order valence-electron chi connectivity index (χ1n) is 17.4. The van der Waals surface area contributed by atoms with Crippen LogP contribution in [0.15, 0.2) is 42.5 Å². The SMILES string of the molecule is COc1ccc(C=CC(=O)OC2C(CO)OC(OCCc3ccc(O)c(O)c3)C(O)C2OC2OC(C)C(O)C(O)C2OC2OCC(O)C(O)C2O)cc1OC. The lowest BCUT2D eigenvalue weighted by atomic mass is 9.96. The normalized spacial score (nSPS) is 35.4. The van der Waals surface area contributed by atoms with Gasteiger partial charge in [-0.3, -0.25) is 0 Å². The lowest BCUT2D eigenvalue weighted by Crippen LogP contribution is -2.66. The molecule has 0 radical (unpaired) electrons. The third kappa shape index (κ3) is 10.0. The summed E-state index contributed by atoms with van der Waals surface area (Å²) in [6, 6.07) is 9.03. The molecule has 3 saturated heterocycles. The van der Waals surface area contributed by atoms with Crippen molar-refractivity contribution in [3.63, 3.8) is 0 Å². The maximum Gasteiger partial charge on any atom is 0.331 e. The van der Waals surface area contributed by atoms with Crippen LogP contribution in [0.4, 0.5) is 0 Å². The third-order valence-corrected chi connectivity index (χ3v) is 9.40. The van der Waals surface area contributed by atoms with E-state index in [1.807, 2.05) is 0 Å². The Labute approximate surface area is 315 Å². The molecule has 5 rings (SSSR count). The summed E-state index contributed by atoms with van der Waals surface area (Å²) >= 11 is 0. The number of carbonyl (C=O) groups excluding carboxylic acids is 1. The molecule has 55 heavy (non-hydrogen) atoms. The van der Waals surface area contributed by atoms with Gasteiger partial charge in [0, 0.05) is 6.08 Å². The molecule has 3 aliphatic heterocycles. The highest BCUT2D eigenvalue weighted by Crippen LogP contribution is 2.34. The lowest BCUT2D eigenvalue weighted by molar-refractivity contribution is -0.381. The van der Waals surface area contributed by atoms with Crippen LogP contribution in [-0.2, 0) is 44.4 Å². The molecule has 0 bridgehead atoms. The Morgan fingerprint density at radius 1 is 0.782 bits per heavy atom. The standard InChI is InChI=1S/C36H48O19/c1-16-26(42)28(44)33(55-34-29(45)27(43)21(40)15-50-34)36(51-16)54-32-30(46)35(49-11-10-18-4-7-19(38)20(39)12-18)52-24(14-37)31(32)53-25(41)9-6-17-5-8-22(47-2)23(13-17)48-3/h4-9,12-13,16,21,24,26-40,42-46H,10-11,14-15H2,1-3H3. The van der Waals surface area contributed by atoms with Gasteiger partial charge in [0.15, 0.2) is 48.0 Å². The van der Waals surface area contributed by atoms with E-state index >= 15 is 0 Å². The number of aromatic hydroxyl groups is 2. The summed E-state index contributed by atoms with van der Waals surface area (Å²) in [4.78, 5) is 13.3. The second-order valence-electron chi connectivity index (χ2n) is 13.2. The van der Waals surface area contributed by atoms with Gasteiger partial charge in [0.1, 0.15) is 54.9 Å². The van der Waals surface area contributed by atoms with E-state index in [-0.39, 0.29) is 24.5 Å². The van der Waals surface area contributed by atoms with Crippen molar-refractivity contribution in [2.45, 2.75) is 99.4 Å². The molecule has 2 aromatic carbocycles. The predicted octanol–water partition coefficient (Wildman–Crippen LogP) is -1.95. The molecule has 14 atom stereocenters. The highest BCUT2D eigenvalue weighted by Gasteiger charge is 2.54. The van der Waals surface area contributed by atoms with Crippen molar-refractivity contribution in [3.8, 4) is 23.0 Å². The minimum Gasteiger partial charge on any atom is -0.504 e. The number of aliphatic hydroxyl groups excluding tert-OH is 7. The Bertz CT molecular complexity index is 1590. The highest BCUT2D eigenvalue weighted by molar-refractivity contribution is 5.87. The highest BCUT2D eigenvalue weighted by atomic mass is 16.8. The second kappa shape index (κ2) is 19.0. The molecule has 19 heteroatoms. The fraction of sp³-hybridized carbons (Fsp3) is 0.583. The van der Waals surface area contributed by atoms with Gasteiger partial charge in [0.25, 0.3) is 0 Å². The molecule has 3 heterocycles. The van der Waals surface area contributed by atoms with Crippen LogP contribution in [0, 0.1) is 0 Å². The Balaban J connectivity index is 1.40. The van der Waals surface area contributed by atoms with E-state index in [1.165, 1.54) is 45.4 Å². The number of benzene rings is 2. The molecule has 0 aromatic heterocycles. The molecule has 3 aliphatic rings. The zero-order valence-electron chi connectivity index (χ0n) is 30.1. The Hall–Kier alpha value is -3.67. The maximum absolute atomic E-state index is 13.3. The molecule has 0 amide bonds. The zero-order valence-corrected chi connectivity index (χ0v) is 30.1. The number of hydrogen-bond acceptors (Lipinski definition) is 19. The van der Waals surface area contributed by atoms with Crippen LogP contribution in [0.1, 0.15) is 18.1 Å². The monoisotopic (exact) mass is 784 g/mol. The minimum absolute atomic E-state index is 0.117. The number of phenolic OH excluding ortho intramolecular Hbond substituents is 2. The maximum atomic E-state index is 13.3. The topological polar surface area (TPSA) is 282 Å². The fourth-order valence-electron chi connectivity index (χ4n) is 6.25. The first-order valence-corrected chi connectivity index (χ1v) is 17.4. The van der Waals surface area contributed by atoms with Crippen molar-refractivity contribution in [1.29, 1.82) is 0 Å². The molecule has 2 aromatic rings. The van der Waals surface area contributed by atoms with Crippen molar-refractivity contribution >= 4 is 12.0 Å². The van der Waals surface area contributed by atoms with Crippen LogP contribution in [0.2, 0.25) is 0 Å². The molecular weight excluding hydrogens is 736 g/mol. The predicted molar refractivity (Wildman–Crippen MR) is 183 cm³/mol. The third-order valence-electron chi connectivity index (χ3n) is 9.40. The molecule has 9 N–H and O–H groups in total. The Morgan fingerprint density at radius 3 is 2.20 bits per heavy atom. The van der Waals surface area contributed by atoms with Gasteiger partial charge in [-0.05, 0) is 54.8 Å². The molecular formula is C36H48O19. The van der Waals surface area contributed by atoms with Gasteiger partial charge < -0.3 is 88.6 Å². The van der Waals surface area contributed by atoms with Gasteiger partial charge >= 0.3 is 5.97 Å². The summed E-state index contributed by atoms with van der Waals surface area (Å²) in [5.41, 5.74) is 1.08. The van der Waals surface area contributed by atoms with Gasteiger partial charge in [-0.1, -0.05) is 12.1 Å². The van der Waals surface area contributed by atoms with Crippen molar-refractivity contribution in [1.82, 2.24) is 0 Å². The molecule has 14 unspecified atom stereocenters. The number of rotatable bonds is 14. The number of methoxy groups -OCH3 is 2. The van der Waals surface area contributed by atoms with E-state index in [9.17, 15) is 50.8 Å². The largest absolute Gasteiger partial charge is 0.504 e. The summed E-state index contributed by atoms with van der Waals surface area (Å²) in [5, 5.41) is 93.9. The number of aliphatic hydroxyl groups is 7. The average Bonchev–Trinajstić information content (AvgIpc) is 3.17. The first-order chi connectivity index (χ1) is 26.3. The van der Waals surface area contributed by atoms with E-state index in [0.29, 0.717) is 22.6 Å². The van der Waals surface area contributed by atoms with E-state index in [0.717, 1.165) is 6.08 Å². The Morgan fingerprint density at radius 2 is 1.51 bits per heavy atom. The quantitative estimate of drug-likeness (QED) is 0.0572. The van der Waals surface area contributed by atoms with E-state index in [1.54, 1.807) is 18.2 Å². The van der Waals surface area contributed by atoms with E-state index in [2.05, 4.69) is 0 Å². The van der Waals surface area contributed by atoms with Gasteiger partial charge in [-0.15, -0.1) is 0 Å². The van der Waals surface area contributed by atoms with E-state index < -0.39 is 105 Å². The summed E-state index contributed by atoms with van der Waals surface area (Å²) in [6.45, 7) is 0.0631. The summed E-state index contributed by atoms with van der Waals surface area (Å²) in [5.74, 6) is -0.782.